The van der Waals surface area contributed by atoms with Crippen molar-refractivity contribution in [3.63, 3.8) is 0 Å². The van der Waals surface area contributed by atoms with Crippen molar-refractivity contribution in [2.45, 2.75) is 57.8 Å². The van der Waals surface area contributed by atoms with Crippen LogP contribution in [0.5, 0.6) is 0 Å². The van der Waals surface area contributed by atoms with Crippen LogP contribution in [0, 0.1) is 0 Å². The van der Waals surface area contributed by atoms with Gasteiger partial charge in [0.15, 0.2) is 0 Å². The number of piperazine rings is 1. The molecule has 1 aromatic carbocycles. The molecule has 22 heavy (non-hydrogen) atoms. The summed E-state index contributed by atoms with van der Waals surface area (Å²) in [4.78, 5) is 16.7. The Hall–Kier alpha value is -1.55. The average Bonchev–Trinajstić information content (AvgIpc) is 2.69. The van der Waals surface area contributed by atoms with E-state index in [1.165, 1.54) is 18.4 Å². The topological polar surface area (TPSA) is 32.8 Å². The van der Waals surface area contributed by atoms with E-state index < -0.39 is 5.60 Å². The van der Waals surface area contributed by atoms with E-state index in [4.69, 9.17) is 4.74 Å². The maximum Gasteiger partial charge on any atom is 0.410 e. The van der Waals surface area contributed by atoms with Crippen molar-refractivity contribution < 1.29 is 9.53 Å². The van der Waals surface area contributed by atoms with E-state index >= 15 is 0 Å². The quantitative estimate of drug-likeness (QED) is 0.840. The molecule has 0 aromatic heterocycles. The van der Waals surface area contributed by atoms with Crippen LogP contribution < -0.4 is 0 Å². The monoisotopic (exact) mass is 302 g/mol. The molecule has 0 saturated carbocycles. The zero-order valence-corrected chi connectivity index (χ0v) is 13.8. The molecule has 120 valence electrons. The van der Waals surface area contributed by atoms with Gasteiger partial charge < -0.3 is 9.64 Å². The molecule has 1 unspecified atom stereocenters. The number of amides is 1. The van der Waals surface area contributed by atoms with Crippen molar-refractivity contribution in [2.24, 2.45) is 0 Å². The predicted molar refractivity (Wildman–Crippen MR) is 86.6 cm³/mol. The van der Waals surface area contributed by atoms with Crippen molar-refractivity contribution in [1.29, 1.82) is 0 Å². The van der Waals surface area contributed by atoms with Crippen LogP contribution in [-0.2, 0) is 11.3 Å². The fourth-order valence-corrected chi connectivity index (χ4v) is 3.52. The maximum absolute atomic E-state index is 12.3. The number of rotatable bonds is 2. The largest absolute Gasteiger partial charge is 0.444 e. The zero-order valence-electron chi connectivity index (χ0n) is 13.8. The fraction of sp³-hybridized carbons (Fsp3) is 0.611. The second-order valence-electron chi connectivity index (χ2n) is 7.43. The van der Waals surface area contributed by atoms with Crippen LogP contribution in [0.15, 0.2) is 30.3 Å². The molecule has 1 aromatic rings. The first-order valence-electron chi connectivity index (χ1n) is 8.20. The van der Waals surface area contributed by atoms with Gasteiger partial charge in [0.05, 0.1) is 0 Å². The summed E-state index contributed by atoms with van der Waals surface area (Å²) in [5.74, 6) is 0. The lowest BCUT2D eigenvalue weighted by molar-refractivity contribution is -0.000115. The molecular weight excluding hydrogens is 276 g/mol. The smallest absolute Gasteiger partial charge is 0.410 e. The molecule has 0 spiro atoms. The molecule has 2 saturated heterocycles. The molecule has 2 fully saturated rings. The van der Waals surface area contributed by atoms with E-state index in [9.17, 15) is 4.79 Å². The number of carbonyl (C=O) groups excluding carboxylic acids is 1. The van der Waals surface area contributed by atoms with Crippen LogP contribution in [0.25, 0.3) is 0 Å². The normalized spacial score (nSPS) is 25.3. The second-order valence-corrected chi connectivity index (χ2v) is 7.43. The van der Waals surface area contributed by atoms with Crippen molar-refractivity contribution >= 4 is 6.09 Å². The zero-order chi connectivity index (χ0) is 15.7. The fourth-order valence-electron chi connectivity index (χ4n) is 3.52. The molecule has 2 bridgehead atoms. The van der Waals surface area contributed by atoms with Gasteiger partial charge in [-0.1, -0.05) is 30.3 Å². The number of carbonyl (C=O) groups is 1. The van der Waals surface area contributed by atoms with Crippen molar-refractivity contribution in [3.8, 4) is 0 Å². The van der Waals surface area contributed by atoms with Gasteiger partial charge in [0.25, 0.3) is 0 Å². The van der Waals surface area contributed by atoms with E-state index in [2.05, 4.69) is 35.2 Å². The van der Waals surface area contributed by atoms with Gasteiger partial charge in [-0.3, -0.25) is 4.90 Å². The van der Waals surface area contributed by atoms with Gasteiger partial charge in [0.2, 0.25) is 0 Å². The third-order valence-electron chi connectivity index (χ3n) is 4.49. The highest BCUT2D eigenvalue weighted by Gasteiger charge is 2.42. The molecule has 2 atom stereocenters. The summed E-state index contributed by atoms with van der Waals surface area (Å²) in [5, 5.41) is 0. The van der Waals surface area contributed by atoms with Gasteiger partial charge in [-0.25, -0.2) is 4.79 Å². The van der Waals surface area contributed by atoms with Crippen LogP contribution in [-0.4, -0.2) is 46.7 Å². The Morgan fingerprint density at radius 2 is 1.73 bits per heavy atom. The molecule has 2 heterocycles. The molecule has 2 aliphatic rings. The Morgan fingerprint density at radius 1 is 1.14 bits per heavy atom. The van der Waals surface area contributed by atoms with E-state index in [0.29, 0.717) is 12.1 Å². The SMILES string of the molecule is CC(C)(C)OC(=O)N1CC2CC[C@H](C1)N2Cc1ccccc1. The molecule has 1 amide bonds. The first-order valence-corrected chi connectivity index (χ1v) is 8.20. The lowest BCUT2D eigenvalue weighted by atomic mass is 10.1. The Bertz CT molecular complexity index is 510. The van der Waals surface area contributed by atoms with Gasteiger partial charge in [0.1, 0.15) is 5.60 Å². The first kappa shape index (κ1) is 15.3. The first-order chi connectivity index (χ1) is 10.4. The van der Waals surface area contributed by atoms with Crippen molar-refractivity contribution in [2.75, 3.05) is 13.1 Å². The van der Waals surface area contributed by atoms with Crippen LogP contribution in [0.4, 0.5) is 4.79 Å². The summed E-state index contributed by atoms with van der Waals surface area (Å²) in [6.07, 6.45) is 2.19. The molecule has 2 aliphatic heterocycles. The summed E-state index contributed by atoms with van der Waals surface area (Å²) < 4.78 is 5.52. The highest BCUT2D eigenvalue weighted by Crippen LogP contribution is 2.32. The highest BCUT2D eigenvalue weighted by molar-refractivity contribution is 5.68. The maximum atomic E-state index is 12.3. The number of ether oxygens (including phenoxy) is 1. The highest BCUT2D eigenvalue weighted by atomic mass is 16.6. The third-order valence-corrected chi connectivity index (χ3v) is 4.49. The minimum atomic E-state index is -0.419. The summed E-state index contributed by atoms with van der Waals surface area (Å²) >= 11 is 0. The minimum Gasteiger partial charge on any atom is -0.444 e. The molecule has 0 radical (unpaired) electrons. The number of likely N-dealkylation sites (tertiary alicyclic amines) is 1. The standard InChI is InChI=1S/C18H26N2O2/c1-18(2,3)22-17(21)19-12-15-9-10-16(13-19)20(15)11-14-7-5-4-6-8-14/h4-8,15-16H,9-13H2,1-3H3/t15-,16?/m1/s1. The summed E-state index contributed by atoms with van der Waals surface area (Å²) in [7, 11) is 0. The molecule has 4 nitrogen and oxygen atoms in total. The van der Waals surface area contributed by atoms with Crippen LogP contribution in [0.1, 0.15) is 39.2 Å². The molecule has 4 heteroatoms. The van der Waals surface area contributed by atoms with Gasteiger partial charge in [-0.2, -0.15) is 0 Å². The number of benzene rings is 1. The number of hydrogen-bond acceptors (Lipinski definition) is 3. The van der Waals surface area contributed by atoms with Crippen molar-refractivity contribution in [3.05, 3.63) is 35.9 Å². The van der Waals surface area contributed by atoms with E-state index in [1.807, 2.05) is 25.7 Å². The van der Waals surface area contributed by atoms with Crippen LogP contribution in [0.2, 0.25) is 0 Å². The van der Waals surface area contributed by atoms with Gasteiger partial charge in [0, 0.05) is 31.7 Å². The summed E-state index contributed by atoms with van der Waals surface area (Å²) in [6.45, 7) is 8.33. The lowest BCUT2D eigenvalue weighted by Crippen LogP contribution is -2.55. The van der Waals surface area contributed by atoms with E-state index in [1.54, 1.807) is 0 Å². The van der Waals surface area contributed by atoms with Crippen LogP contribution >= 0.6 is 0 Å². The molecule has 0 aliphatic carbocycles. The number of hydrogen-bond donors (Lipinski definition) is 0. The summed E-state index contributed by atoms with van der Waals surface area (Å²) in [5.41, 5.74) is 0.933. The Morgan fingerprint density at radius 3 is 2.27 bits per heavy atom. The Kier molecular flexibility index (Phi) is 4.13. The molecule has 3 rings (SSSR count). The number of nitrogens with zero attached hydrogens (tertiary/aromatic N) is 2. The van der Waals surface area contributed by atoms with Gasteiger partial charge in [-0.05, 0) is 39.2 Å². The van der Waals surface area contributed by atoms with Crippen LogP contribution in [0.3, 0.4) is 0 Å². The van der Waals surface area contributed by atoms with E-state index in [0.717, 1.165) is 19.6 Å². The molecular formula is C18H26N2O2. The predicted octanol–water partition coefficient (Wildman–Crippen LogP) is 3.27. The summed E-state index contributed by atoms with van der Waals surface area (Å²) in [6, 6.07) is 11.5. The second kappa shape index (κ2) is 5.92. The molecule has 0 N–H and O–H groups in total. The van der Waals surface area contributed by atoms with Gasteiger partial charge >= 0.3 is 6.09 Å². The average molecular weight is 302 g/mol. The minimum absolute atomic E-state index is 0.163. The van der Waals surface area contributed by atoms with Gasteiger partial charge in [-0.15, -0.1) is 0 Å². The lowest BCUT2D eigenvalue weighted by Gasteiger charge is -2.41. The Labute approximate surface area is 133 Å². The number of fused-ring (bicyclic) bond motifs is 2. The van der Waals surface area contributed by atoms with Crippen molar-refractivity contribution in [1.82, 2.24) is 9.80 Å². The van der Waals surface area contributed by atoms with E-state index in [-0.39, 0.29) is 6.09 Å². The Balaban J connectivity index is 1.63. The third kappa shape index (κ3) is 3.43.